The van der Waals surface area contributed by atoms with E-state index in [2.05, 4.69) is 5.32 Å². The molecule has 1 aromatic rings. The Balaban J connectivity index is 0.00000342. The number of aromatic hydroxyl groups is 1. The summed E-state index contributed by atoms with van der Waals surface area (Å²) in [4.78, 5) is 50.9. The lowest BCUT2D eigenvalue weighted by molar-refractivity contribution is -0.153. The third-order valence-electron chi connectivity index (χ3n) is 6.87. The molecule has 0 radical (unpaired) electrons. The number of phenolic OH excluding ortho intramolecular Hbond substituents is 1. The molecule has 1 fully saturated rings. The third kappa shape index (κ3) is 3.49. The predicted molar refractivity (Wildman–Crippen MR) is 126 cm³/mol. The number of ketones is 2. The SMILES string of the molecule is CN(C)[C@@H]1C(=O)C(C(N)=O)=C(O)[C@@]2(O)C(=O)C3=C(O)c4c(cc(Cl)c(NC=O)c4O)CC3CC12.Cl. The summed E-state index contributed by atoms with van der Waals surface area (Å²) < 4.78 is 0. The number of carbonyl (C=O) groups is 4. The summed E-state index contributed by atoms with van der Waals surface area (Å²) in [6.45, 7) is 0. The number of aliphatic hydroxyl groups is 3. The second-order valence-electron chi connectivity index (χ2n) is 8.84. The summed E-state index contributed by atoms with van der Waals surface area (Å²) in [5, 5.41) is 46.2. The lowest BCUT2D eigenvalue weighted by atomic mass is 9.57. The van der Waals surface area contributed by atoms with Crippen molar-refractivity contribution in [1.82, 2.24) is 4.90 Å². The largest absolute Gasteiger partial charge is 0.508 e. The van der Waals surface area contributed by atoms with Crippen molar-refractivity contribution in [3.8, 4) is 5.75 Å². The van der Waals surface area contributed by atoms with Crippen LogP contribution in [0.1, 0.15) is 17.5 Å². The van der Waals surface area contributed by atoms with E-state index in [1.165, 1.54) is 25.1 Å². The van der Waals surface area contributed by atoms with Crippen molar-refractivity contribution in [2.75, 3.05) is 19.4 Å². The van der Waals surface area contributed by atoms with Gasteiger partial charge in [-0.2, -0.15) is 0 Å². The van der Waals surface area contributed by atoms with Crippen molar-refractivity contribution >= 4 is 59.3 Å². The van der Waals surface area contributed by atoms with E-state index in [0.29, 0.717) is 5.56 Å². The summed E-state index contributed by atoms with van der Waals surface area (Å²) >= 11 is 6.16. The van der Waals surface area contributed by atoms with Crippen LogP contribution in [-0.4, -0.2) is 74.9 Å². The van der Waals surface area contributed by atoms with Crippen molar-refractivity contribution in [1.29, 1.82) is 0 Å². The highest BCUT2D eigenvalue weighted by atomic mass is 35.5. The van der Waals surface area contributed by atoms with Gasteiger partial charge in [0.1, 0.15) is 22.8 Å². The predicted octanol–water partition coefficient (Wildman–Crippen LogP) is 0.607. The number of nitrogens with one attached hydrogen (secondary N) is 1. The third-order valence-corrected chi connectivity index (χ3v) is 7.16. The number of nitrogens with zero attached hydrogens (tertiary/aromatic N) is 1. The molecule has 1 saturated carbocycles. The highest BCUT2D eigenvalue weighted by Gasteiger charge is 2.64. The molecule has 0 spiro atoms. The fourth-order valence-corrected chi connectivity index (χ4v) is 5.74. The van der Waals surface area contributed by atoms with Crippen molar-refractivity contribution in [2.24, 2.45) is 17.6 Å². The van der Waals surface area contributed by atoms with Gasteiger partial charge >= 0.3 is 0 Å². The minimum atomic E-state index is -2.71. The van der Waals surface area contributed by atoms with E-state index in [1.807, 2.05) is 0 Å². The van der Waals surface area contributed by atoms with E-state index >= 15 is 0 Å². The van der Waals surface area contributed by atoms with E-state index in [-0.39, 0.29) is 53.5 Å². The zero-order chi connectivity index (χ0) is 25.3. The average molecular weight is 528 g/mol. The molecule has 3 aliphatic carbocycles. The molecular formula is C22H23Cl2N3O8. The van der Waals surface area contributed by atoms with Gasteiger partial charge in [0.2, 0.25) is 12.2 Å². The first-order chi connectivity index (χ1) is 15.9. The molecular weight excluding hydrogens is 505 g/mol. The number of rotatable bonds is 4. The van der Waals surface area contributed by atoms with Crippen molar-refractivity contribution in [3.05, 3.63) is 39.1 Å². The zero-order valence-electron chi connectivity index (χ0n) is 18.5. The van der Waals surface area contributed by atoms with Crippen LogP contribution < -0.4 is 11.1 Å². The minimum Gasteiger partial charge on any atom is -0.508 e. The Morgan fingerprint density at radius 3 is 2.46 bits per heavy atom. The second-order valence-corrected chi connectivity index (χ2v) is 9.25. The molecule has 0 bridgehead atoms. The first-order valence-electron chi connectivity index (χ1n) is 10.3. The van der Waals surface area contributed by atoms with E-state index in [9.17, 15) is 39.6 Å². The molecule has 188 valence electrons. The molecule has 1 aromatic carbocycles. The summed E-state index contributed by atoms with van der Waals surface area (Å²) in [6, 6.07) is 0.271. The molecule has 13 heteroatoms. The quantitative estimate of drug-likeness (QED) is 0.185. The maximum atomic E-state index is 13.7. The lowest BCUT2D eigenvalue weighted by Gasteiger charge is -2.50. The number of fused-ring (bicyclic) bond motifs is 3. The van der Waals surface area contributed by atoms with Crippen molar-refractivity contribution in [3.63, 3.8) is 0 Å². The van der Waals surface area contributed by atoms with Crippen LogP contribution in [0.25, 0.3) is 5.76 Å². The summed E-state index contributed by atoms with van der Waals surface area (Å²) in [7, 11) is 3.04. The number of hydrogen-bond donors (Lipinski definition) is 6. The first kappa shape index (κ1) is 26.5. The van der Waals surface area contributed by atoms with Gasteiger partial charge in [0, 0.05) is 11.5 Å². The van der Waals surface area contributed by atoms with Crippen LogP contribution in [0, 0.1) is 11.8 Å². The van der Waals surface area contributed by atoms with Gasteiger partial charge in [-0.05, 0) is 44.5 Å². The Morgan fingerprint density at radius 1 is 1.29 bits per heavy atom. The zero-order valence-corrected chi connectivity index (χ0v) is 20.1. The lowest BCUT2D eigenvalue weighted by Crippen LogP contribution is -2.65. The van der Waals surface area contributed by atoms with Crippen molar-refractivity contribution < 1.29 is 39.6 Å². The molecule has 35 heavy (non-hydrogen) atoms. The number of nitrogens with two attached hydrogens (primary N) is 1. The fraction of sp³-hybridized carbons (Fsp3) is 0.364. The molecule has 0 aromatic heterocycles. The molecule has 4 rings (SSSR count). The molecule has 0 aliphatic heterocycles. The number of halogens is 2. The molecule has 2 amide bonds. The number of likely N-dealkylation sites (N-methyl/N-ethyl adjacent to an activating group) is 1. The van der Waals surface area contributed by atoms with Gasteiger partial charge in [0.15, 0.2) is 17.1 Å². The number of benzene rings is 1. The molecule has 3 aliphatic rings. The number of hydrogen-bond acceptors (Lipinski definition) is 9. The van der Waals surface area contributed by atoms with Crippen LogP contribution in [0.5, 0.6) is 5.75 Å². The number of Topliss-reactive ketones (excluding diaryl/α,β-unsaturated/α-hetero) is 2. The molecule has 2 unspecified atom stereocenters. The van der Waals surface area contributed by atoms with E-state index in [1.54, 1.807) is 0 Å². The number of anilines is 1. The normalized spacial score (nSPS) is 27.6. The smallest absolute Gasteiger partial charge is 0.255 e. The Labute approximate surface area is 210 Å². The van der Waals surface area contributed by atoms with Gasteiger partial charge in [-0.1, -0.05) is 11.6 Å². The van der Waals surface area contributed by atoms with E-state index in [4.69, 9.17) is 17.3 Å². The number of primary amides is 1. The number of phenols is 1. The van der Waals surface area contributed by atoms with Crippen LogP contribution >= 0.6 is 24.0 Å². The number of aliphatic hydroxyl groups excluding tert-OH is 2. The fourth-order valence-electron chi connectivity index (χ4n) is 5.46. The Hall–Kier alpha value is -3.12. The van der Waals surface area contributed by atoms with Gasteiger partial charge in [-0.15, -0.1) is 12.4 Å². The van der Waals surface area contributed by atoms with Crippen molar-refractivity contribution in [2.45, 2.75) is 24.5 Å². The van der Waals surface area contributed by atoms with Gasteiger partial charge in [0.05, 0.1) is 16.6 Å². The molecule has 11 nitrogen and oxygen atoms in total. The summed E-state index contributed by atoms with van der Waals surface area (Å²) in [6.07, 6.45) is 0.346. The Bertz CT molecular complexity index is 1240. The second kappa shape index (κ2) is 8.83. The van der Waals surface area contributed by atoms with E-state index < -0.39 is 63.8 Å². The van der Waals surface area contributed by atoms with Gasteiger partial charge in [-0.25, -0.2) is 0 Å². The number of amides is 2. The first-order valence-corrected chi connectivity index (χ1v) is 10.6. The molecule has 7 N–H and O–H groups in total. The minimum absolute atomic E-state index is 0. The van der Waals surface area contributed by atoms with Crippen LogP contribution in [0.2, 0.25) is 5.02 Å². The molecule has 0 heterocycles. The average Bonchev–Trinajstić information content (AvgIpc) is 2.73. The van der Waals surface area contributed by atoms with Crippen LogP contribution in [0.3, 0.4) is 0 Å². The van der Waals surface area contributed by atoms with Crippen LogP contribution in [-0.2, 0) is 25.6 Å². The number of carbonyl (C=O) groups excluding carboxylic acids is 4. The highest BCUT2D eigenvalue weighted by Crippen LogP contribution is 2.53. The maximum Gasteiger partial charge on any atom is 0.255 e. The van der Waals surface area contributed by atoms with Gasteiger partial charge in [-0.3, -0.25) is 24.1 Å². The summed E-state index contributed by atoms with van der Waals surface area (Å²) in [5.74, 6) is -7.52. The van der Waals surface area contributed by atoms with Gasteiger partial charge in [0.25, 0.3) is 5.91 Å². The van der Waals surface area contributed by atoms with Crippen LogP contribution in [0.4, 0.5) is 5.69 Å². The monoisotopic (exact) mass is 527 g/mol. The molecule has 0 saturated heterocycles. The maximum absolute atomic E-state index is 13.7. The molecule has 4 atom stereocenters. The van der Waals surface area contributed by atoms with Gasteiger partial charge < -0.3 is 31.5 Å². The summed E-state index contributed by atoms with van der Waals surface area (Å²) in [5.41, 5.74) is 1.43. The highest BCUT2D eigenvalue weighted by molar-refractivity contribution is 6.34. The topological polar surface area (TPSA) is 190 Å². The van der Waals surface area contributed by atoms with Crippen LogP contribution in [0.15, 0.2) is 23.0 Å². The Morgan fingerprint density at radius 2 is 1.91 bits per heavy atom. The van der Waals surface area contributed by atoms with E-state index in [0.717, 1.165) is 0 Å². The Kier molecular flexibility index (Phi) is 6.68. The standard InChI is InChI=1S/C22H22ClN3O8.ClH/c1-26(2)15-9-4-7-3-8-5-10(23)14(25-6-27)17(29)11(8)16(28)12(7)19(31)22(9,34)20(32)13(18(15)30)21(24)33;/h5-7,9,15,28-29,32,34H,3-4H2,1-2H3,(H2,24,33)(H,25,27);1H/t7?,9?,15-,22-;/m0./s1.